The number of amides is 1. The molecule has 7 heteroatoms. The third-order valence-electron chi connectivity index (χ3n) is 4.89. The molecular formula is C24H17N3O2S2. The Bertz CT molecular complexity index is 1320. The van der Waals surface area contributed by atoms with E-state index in [4.69, 9.17) is 21.7 Å². The molecule has 152 valence electrons. The van der Waals surface area contributed by atoms with Crippen molar-refractivity contribution in [3.63, 3.8) is 0 Å². The van der Waals surface area contributed by atoms with E-state index in [1.807, 2.05) is 72.9 Å². The van der Waals surface area contributed by atoms with Crippen molar-refractivity contribution in [3.05, 3.63) is 90.0 Å². The summed E-state index contributed by atoms with van der Waals surface area (Å²) in [7, 11) is 0. The van der Waals surface area contributed by atoms with Crippen LogP contribution in [0.25, 0.3) is 34.2 Å². The van der Waals surface area contributed by atoms with E-state index in [2.05, 4.69) is 6.58 Å². The first-order valence-corrected chi connectivity index (χ1v) is 10.9. The molecule has 0 bridgehead atoms. The van der Waals surface area contributed by atoms with Gasteiger partial charge in [-0.2, -0.15) is 5.10 Å². The second-order valence-electron chi connectivity index (χ2n) is 6.94. The van der Waals surface area contributed by atoms with E-state index in [0.29, 0.717) is 27.2 Å². The number of rotatable bonds is 5. The molecule has 5 rings (SSSR count). The highest BCUT2D eigenvalue weighted by Gasteiger charge is 2.31. The Morgan fingerprint density at radius 3 is 2.68 bits per heavy atom. The number of nitrogens with zero attached hydrogens (tertiary/aromatic N) is 3. The molecule has 1 aliphatic rings. The predicted molar refractivity (Wildman–Crippen MR) is 129 cm³/mol. The molecule has 5 nitrogen and oxygen atoms in total. The van der Waals surface area contributed by atoms with E-state index in [-0.39, 0.29) is 5.91 Å². The zero-order chi connectivity index (χ0) is 21.4. The molecule has 2 aromatic heterocycles. The molecule has 1 saturated heterocycles. The summed E-state index contributed by atoms with van der Waals surface area (Å²) in [6, 6.07) is 19.6. The number of benzene rings is 2. The smallest absolute Gasteiger partial charge is 0.266 e. The highest BCUT2D eigenvalue weighted by atomic mass is 32.2. The van der Waals surface area contributed by atoms with Gasteiger partial charge in [0.25, 0.3) is 5.91 Å². The summed E-state index contributed by atoms with van der Waals surface area (Å²) in [5.41, 5.74) is 3.14. The standard InChI is InChI=1S/C24H17N3O2S2/c1-2-12-26-23(28)21(31-24(26)30)14-17-15-27(18-9-4-3-5-10-18)25-22(17)20-13-16-8-6-7-11-19(16)29-20/h2-11,13-15H,1,12H2/b21-14+. The van der Waals surface area contributed by atoms with E-state index in [1.54, 1.807) is 15.7 Å². The highest BCUT2D eigenvalue weighted by Crippen LogP contribution is 2.36. The number of thiocarbonyl (C=S) groups is 1. The van der Waals surface area contributed by atoms with Gasteiger partial charge >= 0.3 is 0 Å². The molecule has 0 atom stereocenters. The summed E-state index contributed by atoms with van der Waals surface area (Å²) in [6.45, 7) is 4.10. The van der Waals surface area contributed by atoms with Crippen LogP contribution in [0.3, 0.4) is 0 Å². The van der Waals surface area contributed by atoms with Crippen molar-refractivity contribution in [1.29, 1.82) is 0 Å². The quantitative estimate of drug-likeness (QED) is 0.226. The Morgan fingerprint density at radius 2 is 1.90 bits per heavy atom. The van der Waals surface area contributed by atoms with Gasteiger partial charge < -0.3 is 4.42 Å². The number of hydrogen-bond acceptors (Lipinski definition) is 5. The average molecular weight is 444 g/mol. The van der Waals surface area contributed by atoms with Crippen molar-refractivity contribution in [3.8, 4) is 17.1 Å². The Labute approximate surface area is 188 Å². The molecule has 0 radical (unpaired) electrons. The molecule has 0 unspecified atom stereocenters. The molecular weight excluding hydrogens is 426 g/mol. The third-order valence-corrected chi connectivity index (χ3v) is 6.27. The van der Waals surface area contributed by atoms with Crippen molar-refractivity contribution < 1.29 is 9.21 Å². The van der Waals surface area contributed by atoms with Gasteiger partial charge in [-0.3, -0.25) is 9.69 Å². The van der Waals surface area contributed by atoms with Crippen LogP contribution in [0.2, 0.25) is 0 Å². The van der Waals surface area contributed by atoms with Gasteiger partial charge in [-0.25, -0.2) is 4.68 Å². The topological polar surface area (TPSA) is 51.3 Å². The van der Waals surface area contributed by atoms with Gasteiger partial charge in [0.1, 0.15) is 15.6 Å². The van der Waals surface area contributed by atoms with Crippen LogP contribution in [-0.4, -0.2) is 31.5 Å². The van der Waals surface area contributed by atoms with Crippen LogP contribution in [0.15, 0.2) is 88.8 Å². The van der Waals surface area contributed by atoms with E-state index >= 15 is 0 Å². The van der Waals surface area contributed by atoms with Crippen LogP contribution in [0.4, 0.5) is 0 Å². The fourth-order valence-corrected chi connectivity index (χ4v) is 4.69. The number of carbonyl (C=O) groups excluding carboxylic acids is 1. The van der Waals surface area contributed by atoms with Gasteiger partial charge in [-0.05, 0) is 30.3 Å². The summed E-state index contributed by atoms with van der Waals surface area (Å²) in [4.78, 5) is 14.9. The number of aromatic nitrogens is 2. The van der Waals surface area contributed by atoms with Crippen LogP contribution in [-0.2, 0) is 4.79 Å². The van der Waals surface area contributed by atoms with Gasteiger partial charge in [-0.15, -0.1) is 6.58 Å². The van der Waals surface area contributed by atoms with Crippen LogP contribution in [0.1, 0.15) is 5.56 Å². The minimum atomic E-state index is -0.127. The van der Waals surface area contributed by atoms with E-state index < -0.39 is 0 Å². The molecule has 4 aromatic rings. The summed E-state index contributed by atoms with van der Waals surface area (Å²) in [6.07, 6.45) is 5.40. The Hall–Kier alpha value is -3.42. The fourth-order valence-electron chi connectivity index (χ4n) is 3.42. The maximum atomic E-state index is 12.8. The van der Waals surface area contributed by atoms with Gasteiger partial charge in [-0.1, -0.05) is 66.5 Å². The predicted octanol–water partition coefficient (Wildman–Crippen LogP) is 5.67. The van der Waals surface area contributed by atoms with Crippen molar-refractivity contribution >= 4 is 51.3 Å². The number of furan rings is 1. The molecule has 2 aromatic carbocycles. The lowest BCUT2D eigenvalue weighted by Gasteiger charge is -2.10. The zero-order valence-electron chi connectivity index (χ0n) is 16.4. The Kier molecular flexibility index (Phi) is 5.05. The fraction of sp³-hybridized carbons (Fsp3) is 0.0417. The normalized spacial score (nSPS) is 15.4. The minimum absolute atomic E-state index is 0.127. The molecule has 3 heterocycles. The average Bonchev–Trinajstić information content (AvgIpc) is 3.47. The summed E-state index contributed by atoms with van der Waals surface area (Å²) >= 11 is 6.65. The first kappa shape index (κ1) is 19.5. The van der Waals surface area contributed by atoms with Gasteiger partial charge in [0.2, 0.25) is 0 Å². The van der Waals surface area contributed by atoms with Crippen molar-refractivity contribution in [1.82, 2.24) is 14.7 Å². The highest BCUT2D eigenvalue weighted by molar-refractivity contribution is 8.26. The summed E-state index contributed by atoms with van der Waals surface area (Å²) in [5, 5.41) is 5.78. The monoisotopic (exact) mass is 443 g/mol. The summed E-state index contributed by atoms with van der Waals surface area (Å²) < 4.78 is 8.39. The maximum absolute atomic E-state index is 12.8. The number of thioether (sulfide) groups is 1. The van der Waals surface area contributed by atoms with Crippen LogP contribution in [0, 0.1) is 0 Å². The first-order valence-electron chi connectivity index (χ1n) is 9.64. The van der Waals surface area contributed by atoms with Crippen molar-refractivity contribution in [2.24, 2.45) is 0 Å². The van der Waals surface area contributed by atoms with Crippen LogP contribution >= 0.6 is 24.0 Å². The SMILES string of the molecule is C=CCN1C(=O)/C(=C\c2cn(-c3ccccc3)nc2-c2cc3ccccc3o2)SC1=S. The number of hydrogen-bond donors (Lipinski definition) is 0. The Morgan fingerprint density at radius 1 is 1.13 bits per heavy atom. The molecule has 0 aliphatic carbocycles. The molecule has 31 heavy (non-hydrogen) atoms. The zero-order valence-corrected chi connectivity index (χ0v) is 18.0. The molecule has 1 amide bonds. The number of para-hydroxylation sites is 2. The van der Waals surface area contributed by atoms with E-state index in [0.717, 1.165) is 22.2 Å². The van der Waals surface area contributed by atoms with Crippen LogP contribution < -0.4 is 0 Å². The molecule has 0 N–H and O–H groups in total. The first-order chi connectivity index (χ1) is 15.1. The molecule has 0 saturated carbocycles. The van der Waals surface area contributed by atoms with Crippen molar-refractivity contribution in [2.45, 2.75) is 0 Å². The Balaban J connectivity index is 1.63. The second kappa shape index (κ2) is 8.02. The van der Waals surface area contributed by atoms with Gasteiger partial charge in [0.15, 0.2) is 5.76 Å². The number of fused-ring (bicyclic) bond motifs is 1. The van der Waals surface area contributed by atoms with Gasteiger partial charge in [0, 0.05) is 23.7 Å². The molecule has 0 spiro atoms. The van der Waals surface area contributed by atoms with Crippen molar-refractivity contribution in [2.75, 3.05) is 6.54 Å². The second-order valence-corrected chi connectivity index (χ2v) is 8.62. The van der Waals surface area contributed by atoms with E-state index in [9.17, 15) is 4.79 Å². The molecule has 1 aliphatic heterocycles. The minimum Gasteiger partial charge on any atom is -0.454 e. The third kappa shape index (κ3) is 3.62. The lowest BCUT2D eigenvalue weighted by atomic mass is 10.1. The van der Waals surface area contributed by atoms with Crippen LogP contribution in [0.5, 0.6) is 0 Å². The summed E-state index contributed by atoms with van der Waals surface area (Å²) in [5.74, 6) is 0.515. The van der Waals surface area contributed by atoms with Gasteiger partial charge in [0.05, 0.1) is 10.6 Å². The van der Waals surface area contributed by atoms with E-state index in [1.165, 1.54) is 11.8 Å². The lowest BCUT2D eigenvalue weighted by Crippen LogP contribution is -2.27. The largest absolute Gasteiger partial charge is 0.454 e. The maximum Gasteiger partial charge on any atom is 0.266 e. The lowest BCUT2D eigenvalue weighted by molar-refractivity contribution is -0.121. The number of carbonyl (C=O) groups is 1. The molecule has 1 fully saturated rings.